The monoisotopic (exact) mass is 502 g/mol. The first-order valence-electron chi connectivity index (χ1n) is 11.0. The number of methoxy groups -OCH3 is 1. The van der Waals surface area contributed by atoms with Gasteiger partial charge in [-0.1, -0.05) is 54.6 Å². The molecule has 178 valence electrons. The molecule has 0 bridgehead atoms. The maximum absolute atomic E-state index is 13.1. The number of nitrogens with one attached hydrogen (secondary N) is 1. The number of urea groups is 1. The highest BCUT2D eigenvalue weighted by Gasteiger charge is 2.40. The molecule has 2 aromatic carbocycles. The van der Waals surface area contributed by atoms with Crippen LogP contribution >= 0.6 is 23.2 Å². The van der Waals surface area contributed by atoms with Crippen molar-refractivity contribution in [1.29, 1.82) is 0 Å². The highest BCUT2D eigenvalue weighted by atomic mass is 35.5. The van der Waals surface area contributed by atoms with Crippen molar-refractivity contribution in [3.8, 4) is 11.5 Å². The van der Waals surface area contributed by atoms with E-state index < -0.39 is 17.8 Å². The molecule has 0 aromatic heterocycles. The fourth-order valence-corrected chi connectivity index (χ4v) is 4.61. The summed E-state index contributed by atoms with van der Waals surface area (Å²) >= 11 is 12.4. The summed E-state index contributed by atoms with van der Waals surface area (Å²) in [6.45, 7) is 0.243. The van der Waals surface area contributed by atoms with E-state index in [1.807, 2.05) is 12.1 Å². The molecule has 34 heavy (non-hydrogen) atoms. The van der Waals surface area contributed by atoms with Gasteiger partial charge in [-0.3, -0.25) is 19.8 Å². The number of carbonyl (C=O) groups is 3. The third kappa shape index (κ3) is 5.21. The van der Waals surface area contributed by atoms with Gasteiger partial charge in [0.25, 0.3) is 11.8 Å². The SMILES string of the molecule is COc1cc(C=C2C(=O)NC(=O)N(C3CCCCC3)C2=O)cc(Cl)c1OCc1ccc(Cl)cc1. The van der Waals surface area contributed by atoms with Crippen LogP contribution in [0.15, 0.2) is 42.0 Å². The lowest BCUT2D eigenvalue weighted by Crippen LogP contribution is -2.58. The van der Waals surface area contributed by atoms with Crippen LogP contribution in [-0.4, -0.2) is 35.9 Å². The van der Waals surface area contributed by atoms with Gasteiger partial charge in [0, 0.05) is 11.1 Å². The van der Waals surface area contributed by atoms with Crippen LogP contribution < -0.4 is 14.8 Å². The first-order chi connectivity index (χ1) is 16.4. The Kier molecular flexibility index (Phi) is 7.44. The molecule has 1 aliphatic carbocycles. The second-order valence-electron chi connectivity index (χ2n) is 8.23. The molecule has 1 heterocycles. The summed E-state index contributed by atoms with van der Waals surface area (Å²) in [6.07, 6.45) is 5.85. The molecular weight excluding hydrogens is 479 g/mol. The Morgan fingerprint density at radius 2 is 1.76 bits per heavy atom. The summed E-state index contributed by atoms with van der Waals surface area (Å²) in [5.41, 5.74) is 1.24. The fourth-order valence-electron chi connectivity index (χ4n) is 4.21. The summed E-state index contributed by atoms with van der Waals surface area (Å²) in [5.74, 6) is -0.657. The number of hydrogen-bond acceptors (Lipinski definition) is 5. The smallest absolute Gasteiger partial charge is 0.331 e. The lowest BCUT2D eigenvalue weighted by molar-refractivity contribution is -0.132. The number of hydrogen-bond donors (Lipinski definition) is 1. The van der Waals surface area contributed by atoms with Gasteiger partial charge in [0.2, 0.25) is 0 Å². The molecule has 0 unspecified atom stereocenters. The lowest BCUT2D eigenvalue weighted by Gasteiger charge is -2.35. The van der Waals surface area contributed by atoms with E-state index >= 15 is 0 Å². The maximum atomic E-state index is 13.1. The molecule has 1 saturated carbocycles. The van der Waals surface area contributed by atoms with Crippen LogP contribution in [0.2, 0.25) is 10.0 Å². The van der Waals surface area contributed by atoms with Crippen LogP contribution in [0.1, 0.15) is 43.2 Å². The normalized spacial score (nSPS) is 18.3. The molecule has 2 fully saturated rings. The molecule has 0 spiro atoms. The predicted molar refractivity (Wildman–Crippen MR) is 129 cm³/mol. The summed E-state index contributed by atoms with van der Waals surface area (Å²) in [4.78, 5) is 39.2. The van der Waals surface area contributed by atoms with Crippen molar-refractivity contribution in [2.24, 2.45) is 0 Å². The Bertz CT molecular complexity index is 1140. The fraction of sp³-hybridized carbons (Fsp3) is 0.320. The number of amides is 4. The summed E-state index contributed by atoms with van der Waals surface area (Å²) < 4.78 is 11.3. The van der Waals surface area contributed by atoms with E-state index in [1.54, 1.807) is 24.3 Å². The molecule has 2 aliphatic rings. The summed E-state index contributed by atoms with van der Waals surface area (Å²) in [6, 6.07) is 9.54. The van der Waals surface area contributed by atoms with Crippen molar-refractivity contribution >= 4 is 47.1 Å². The first-order valence-corrected chi connectivity index (χ1v) is 11.8. The van der Waals surface area contributed by atoms with Gasteiger partial charge >= 0.3 is 6.03 Å². The molecule has 9 heteroatoms. The zero-order valence-electron chi connectivity index (χ0n) is 18.6. The third-order valence-electron chi connectivity index (χ3n) is 5.93. The highest BCUT2D eigenvalue weighted by molar-refractivity contribution is 6.33. The second kappa shape index (κ2) is 10.5. The lowest BCUT2D eigenvalue weighted by atomic mass is 9.93. The minimum Gasteiger partial charge on any atom is -0.493 e. The van der Waals surface area contributed by atoms with E-state index in [9.17, 15) is 14.4 Å². The van der Waals surface area contributed by atoms with E-state index in [-0.39, 0.29) is 23.2 Å². The quantitative estimate of drug-likeness (QED) is 0.423. The Balaban J connectivity index is 1.59. The first kappa shape index (κ1) is 24.1. The summed E-state index contributed by atoms with van der Waals surface area (Å²) in [7, 11) is 1.47. The van der Waals surface area contributed by atoms with Gasteiger partial charge in [-0.25, -0.2) is 4.79 Å². The van der Waals surface area contributed by atoms with Crippen molar-refractivity contribution in [3.63, 3.8) is 0 Å². The molecule has 1 saturated heterocycles. The number of ether oxygens (including phenoxy) is 2. The Morgan fingerprint density at radius 3 is 2.44 bits per heavy atom. The molecule has 4 amide bonds. The number of benzene rings is 2. The van der Waals surface area contributed by atoms with Crippen molar-refractivity contribution in [1.82, 2.24) is 10.2 Å². The second-order valence-corrected chi connectivity index (χ2v) is 9.08. The number of imide groups is 2. The van der Waals surface area contributed by atoms with Crippen LogP contribution in [0, 0.1) is 0 Å². The van der Waals surface area contributed by atoms with E-state index in [4.69, 9.17) is 32.7 Å². The van der Waals surface area contributed by atoms with Gasteiger partial charge in [-0.05, 0) is 54.3 Å². The Morgan fingerprint density at radius 1 is 1.06 bits per heavy atom. The molecule has 2 aromatic rings. The van der Waals surface area contributed by atoms with E-state index in [2.05, 4.69) is 5.32 Å². The maximum Gasteiger partial charge on any atom is 0.331 e. The highest BCUT2D eigenvalue weighted by Crippen LogP contribution is 2.38. The molecule has 1 aliphatic heterocycles. The van der Waals surface area contributed by atoms with Crippen LogP contribution in [-0.2, 0) is 16.2 Å². The van der Waals surface area contributed by atoms with E-state index in [0.717, 1.165) is 37.7 Å². The predicted octanol–water partition coefficient (Wildman–Crippen LogP) is 5.38. The van der Waals surface area contributed by atoms with Gasteiger partial charge < -0.3 is 9.47 Å². The van der Waals surface area contributed by atoms with Crippen molar-refractivity contribution < 1.29 is 23.9 Å². The van der Waals surface area contributed by atoms with E-state index in [0.29, 0.717) is 22.1 Å². The topological polar surface area (TPSA) is 84.9 Å². The number of carbonyl (C=O) groups excluding carboxylic acids is 3. The zero-order valence-corrected chi connectivity index (χ0v) is 20.1. The Labute approximate surface area is 207 Å². The molecule has 4 rings (SSSR count). The zero-order chi connectivity index (χ0) is 24.2. The van der Waals surface area contributed by atoms with Gasteiger partial charge in [0.15, 0.2) is 11.5 Å². The standard InChI is InChI=1S/C25H24Cl2N2O5/c1-33-21-13-16(12-20(27)22(21)34-14-15-7-9-17(26)10-8-15)11-19-23(30)28-25(32)29(24(19)31)18-5-3-2-4-6-18/h7-13,18H,2-6,14H2,1H3,(H,28,30,32). The molecular formula is C25H24Cl2N2O5. The van der Waals surface area contributed by atoms with Crippen LogP contribution in [0.25, 0.3) is 6.08 Å². The molecule has 0 radical (unpaired) electrons. The van der Waals surface area contributed by atoms with Gasteiger partial charge in [0.05, 0.1) is 12.1 Å². The summed E-state index contributed by atoms with van der Waals surface area (Å²) in [5, 5.41) is 3.17. The van der Waals surface area contributed by atoms with Crippen LogP contribution in [0.3, 0.4) is 0 Å². The van der Waals surface area contributed by atoms with Crippen LogP contribution in [0.4, 0.5) is 4.79 Å². The van der Waals surface area contributed by atoms with Crippen molar-refractivity contribution in [2.45, 2.75) is 44.8 Å². The van der Waals surface area contributed by atoms with E-state index in [1.165, 1.54) is 18.1 Å². The van der Waals surface area contributed by atoms with Gasteiger partial charge in [-0.15, -0.1) is 0 Å². The Hall–Kier alpha value is -3.03. The minimum absolute atomic E-state index is 0.127. The number of halogens is 2. The molecule has 7 nitrogen and oxygen atoms in total. The average Bonchev–Trinajstić information content (AvgIpc) is 2.82. The molecule has 1 N–H and O–H groups in total. The molecule has 0 atom stereocenters. The number of barbiturate groups is 1. The minimum atomic E-state index is -0.736. The van der Waals surface area contributed by atoms with Gasteiger partial charge in [-0.2, -0.15) is 0 Å². The number of rotatable bonds is 6. The van der Waals surface area contributed by atoms with Gasteiger partial charge in [0.1, 0.15) is 12.2 Å². The third-order valence-corrected chi connectivity index (χ3v) is 6.46. The largest absolute Gasteiger partial charge is 0.493 e. The van der Waals surface area contributed by atoms with Crippen molar-refractivity contribution in [2.75, 3.05) is 7.11 Å². The van der Waals surface area contributed by atoms with Crippen molar-refractivity contribution in [3.05, 3.63) is 63.1 Å². The average molecular weight is 503 g/mol. The number of nitrogens with zero attached hydrogens (tertiary/aromatic N) is 1. The van der Waals surface area contributed by atoms with Crippen LogP contribution in [0.5, 0.6) is 11.5 Å².